The maximum atomic E-state index is 11.6. The SMILES string of the molecule is CCCCCCNC(=O)c1ccc(CN)o1. The van der Waals surface area contributed by atoms with Gasteiger partial charge in [-0.15, -0.1) is 0 Å². The standard InChI is InChI=1S/C12H20N2O2/c1-2-3-4-5-8-14-12(15)11-7-6-10(9-13)16-11/h6-7H,2-5,8-9,13H2,1H3,(H,14,15). The first-order valence-electron chi connectivity index (χ1n) is 5.85. The van der Waals surface area contributed by atoms with Crippen molar-refractivity contribution in [1.82, 2.24) is 5.32 Å². The minimum absolute atomic E-state index is 0.156. The molecular weight excluding hydrogens is 204 g/mol. The largest absolute Gasteiger partial charge is 0.455 e. The van der Waals surface area contributed by atoms with Gasteiger partial charge in [0, 0.05) is 6.54 Å². The second kappa shape index (κ2) is 7.06. The van der Waals surface area contributed by atoms with Crippen molar-refractivity contribution >= 4 is 5.91 Å². The summed E-state index contributed by atoms with van der Waals surface area (Å²) in [5.74, 6) is 0.822. The summed E-state index contributed by atoms with van der Waals surface area (Å²) in [6.07, 6.45) is 4.59. The van der Waals surface area contributed by atoms with Crippen molar-refractivity contribution in [1.29, 1.82) is 0 Å². The first kappa shape index (κ1) is 12.8. The van der Waals surface area contributed by atoms with E-state index in [0.717, 1.165) is 12.8 Å². The van der Waals surface area contributed by atoms with Gasteiger partial charge in [-0.3, -0.25) is 4.79 Å². The Morgan fingerprint density at radius 2 is 2.19 bits per heavy atom. The summed E-state index contributed by atoms with van der Waals surface area (Å²) in [5, 5.41) is 2.82. The maximum Gasteiger partial charge on any atom is 0.286 e. The molecule has 1 heterocycles. The molecular formula is C12H20N2O2. The third-order valence-corrected chi connectivity index (χ3v) is 2.40. The summed E-state index contributed by atoms with van der Waals surface area (Å²) < 4.78 is 5.24. The van der Waals surface area contributed by atoms with Crippen molar-refractivity contribution in [3.8, 4) is 0 Å². The lowest BCUT2D eigenvalue weighted by atomic mass is 10.2. The number of carbonyl (C=O) groups excluding carboxylic acids is 1. The Morgan fingerprint density at radius 3 is 2.81 bits per heavy atom. The van der Waals surface area contributed by atoms with Crippen molar-refractivity contribution in [2.45, 2.75) is 39.2 Å². The molecule has 0 saturated heterocycles. The highest BCUT2D eigenvalue weighted by Gasteiger charge is 2.09. The van der Waals surface area contributed by atoms with E-state index in [-0.39, 0.29) is 5.91 Å². The number of carbonyl (C=O) groups is 1. The topological polar surface area (TPSA) is 68.3 Å². The van der Waals surface area contributed by atoms with Gasteiger partial charge in [-0.1, -0.05) is 26.2 Å². The van der Waals surface area contributed by atoms with E-state index in [9.17, 15) is 4.79 Å². The third kappa shape index (κ3) is 4.06. The summed E-state index contributed by atoms with van der Waals surface area (Å²) in [4.78, 5) is 11.6. The Labute approximate surface area is 96.2 Å². The van der Waals surface area contributed by atoms with Crippen LogP contribution in [0.25, 0.3) is 0 Å². The fourth-order valence-corrected chi connectivity index (χ4v) is 1.45. The number of hydrogen-bond acceptors (Lipinski definition) is 3. The molecule has 0 fully saturated rings. The summed E-state index contributed by atoms with van der Waals surface area (Å²) in [7, 11) is 0. The number of nitrogens with one attached hydrogen (secondary N) is 1. The Kier molecular flexibility index (Phi) is 5.64. The van der Waals surface area contributed by atoms with E-state index >= 15 is 0 Å². The molecule has 0 unspecified atom stereocenters. The highest BCUT2D eigenvalue weighted by Crippen LogP contribution is 2.06. The van der Waals surface area contributed by atoms with Gasteiger partial charge in [-0.05, 0) is 18.6 Å². The van der Waals surface area contributed by atoms with Crippen molar-refractivity contribution in [3.05, 3.63) is 23.7 Å². The van der Waals surface area contributed by atoms with Gasteiger partial charge in [-0.25, -0.2) is 0 Å². The molecule has 0 spiro atoms. The number of hydrogen-bond donors (Lipinski definition) is 2. The Balaban J connectivity index is 2.24. The van der Waals surface area contributed by atoms with E-state index in [1.54, 1.807) is 12.1 Å². The zero-order valence-electron chi connectivity index (χ0n) is 9.79. The zero-order valence-corrected chi connectivity index (χ0v) is 9.79. The lowest BCUT2D eigenvalue weighted by molar-refractivity contribution is 0.0923. The van der Waals surface area contributed by atoms with Crippen molar-refractivity contribution < 1.29 is 9.21 Å². The first-order chi connectivity index (χ1) is 7.77. The molecule has 0 aliphatic rings. The summed E-state index contributed by atoms with van der Waals surface area (Å²) in [6.45, 7) is 3.19. The number of amides is 1. The predicted octanol–water partition coefficient (Wildman–Crippen LogP) is 2.05. The van der Waals surface area contributed by atoms with Gasteiger partial charge in [0.1, 0.15) is 5.76 Å². The van der Waals surface area contributed by atoms with Crippen molar-refractivity contribution in [3.63, 3.8) is 0 Å². The van der Waals surface area contributed by atoms with E-state index in [1.165, 1.54) is 12.8 Å². The zero-order chi connectivity index (χ0) is 11.8. The minimum Gasteiger partial charge on any atom is -0.455 e. The summed E-state index contributed by atoms with van der Waals surface area (Å²) in [6, 6.07) is 3.38. The highest BCUT2D eigenvalue weighted by atomic mass is 16.4. The normalized spacial score (nSPS) is 10.4. The fourth-order valence-electron chi connectivity index (χ4n) is 1.45. The van der Waals surface area contributed by atoms with E-state index in [0.29, 0.717) is 24.6 Å². The van der Waals surface area contributed by atoms with Gasteiger partial charge < -0.3 is 15.5 Å². The number of furan rings is 1. The monoisotopic (exact) mass is 224 g/mol. The lowest BCUT2D eigenvalue weighted by Crippen LogP contribution is -2.23. The molecule has 0 saturated carbocycles. The van der Waals surface area contributed by atoms with Crippen molar-refractivity contribution in [2.24, 2.45) is 5.73 Å². The van der Waals surface area contributed by atoms with Crippen LogP contribution >= 0.6 is 0 Å². The van der Waals surface area contributed by atoms with Gasteiger partial charge >= 0.3 is 0 Å². The van der Waals surface area contributed by atoms with Gasteiger partial charge in [0.25, 0.3) is 5.91 Å². The van der Waals surface area contributed by atoms with Crippen molar-refractivity contribution in [2.75, 3.05) is 6.54 Å². The predicted molar refractivity (Wildman–Crippen MR) is 63.1 cm³/mol. The molecule has 1 aromatic rings. The van der Waals surface area contributed by atoms with Crippen LogP contribution in [0, 0.1) is 0 Å². The van der Waals surface area contributed by atoms with Crippen LogP contribution in [0.2, 0.25) is 0 Å². The van der Waals surface area contributed by atoms with Crippen LogP contribution in [0.3, 0.4) is 0 Å². The second-order valence-corrected chi connectivity index (χ2v) is 3.79. The molecule has 4 nitrogen and oxygen atoms in total. The van der Waals surface area contributed by atoms with Gasteiger partial charge in [0.05, 0.1) is 6.54 Å². The van der Waals surface area contributed by atoms with Crippen LogP contribution < -0.4 is 11.1 Å². The third-order valence-electron chi connectivity index (χ3n) is 2.40. The Hall–Kier alpha value is -1.29. The highest BCUT2D eigenvalue weighted by molar-refractivity contribution is 5.91. The van der Waals surface area contributed by atoms with Crippen LogP contribution in [0.5, 0.6) is 0 Å². The molecule has 1 aromatic heterocycles. The quantitative estimate of drug-likeness (QED) is 0.696. The smallest absolute Gasteiger partial charge is 0.286 e. The molecule has 90 valence electrons. The van der Waals surface area contributed by atoms with E-state index < -0.39 is 0 Å². The van der Waals surface area contributed by atoms with Crippen LogP contribution in [-0.2, 0) is 6.54 Å². The Morgan fingerprint density at radius 1 is 1.38 bits per heavy atom. The minimum atomic E-state index is -0.156. The molecule has 0 atom stereocenters. The number of unbranched alkanes of at least 4 members (excludes halogenated alkanes) is 3. The molecule has 0 bridgehead atoms. The Bertz CT molecular complexity index is 321. The number of rotatable bonds is 7. The van der Waals surface area contributed by atoms with Crippen LogP contribution in [0.15, 0.2) is 16.5 Å². The van der Waals surface area contributed by atoms with E-state index in [2.05, 4.69) is 12.2 Å². The average molecular weight is 224 g/mol. The fraction of sp³-hybridized carbons (Fsp3) is 0.583. The lowest BCUT2D eigenvalue weighted by Gasteiger charge is -2.02. The van der Waals surface area contributed by atoms with E-state index in [4.69, 9.17) is 10.2 Å². The molecule has 4 heteroatoms. The maximum absolute atomic E-state index is 11.6. The second-order valence-electron chi connectivity index (χ2n) is 3.79. The molecule has 0 aliphatic carbocycles. The van der Waals surface area contributed by atoms with Gasteiger partial charge in [-0.2, -0.15) is 0 Å². The molecule has 16 heavy (non-hydrogen) atoms. The number of nitrogens with two attached hydrogens (primary N) is 1. The average Bonchev–Trinajstić information content (AvgIpc) is 2.77. The molecule has 0 radical (unpaired) electrons. The van der Waals surface area contributed by atoms with Crippen LogP contribution in [0.1, 0.15) is 48.9 Å². The molecule has 1 rings (SSSR count). The summed E-state index contributed by atoms with van der Waals surface area (Å²) in [5.41, 5.74) is 5.39. The van der Waals surface area contributed by atoms with Crippen LogP contribution in [-0.4, -0.2) is 12.5 Å². The molecule has 0 aliphatic heterocycles. The van der Waals surface area contributed by atoms with Gasteiger partial charge in [0.2, 0.25) is 0 Å². The van der Waals surface area contributed by atoms with Crippen LogP contribution in [0.4, 0.5) is 0 Å². The molecule has 1 amide bonds. The summed E-state index contributed by atoms with van der Waals surface area (Å²) >= 11 is 0. The molecule has 3 N–H and O–H groups in total. The van der Waals surface area contributed by atoms with Gasteiger partial charge in [0.15, 0.2) is 5.76 Å². The molecule has 0 aromatic carbocycles. The first-order valence-corrected chi connectivity index (χ1v) is 5.85. The van der Waals surface area contributed by atoms with E-state index in [1.807, 2.05) is 0 Å².